The Balaban J connectivity index is 0.997. The van der Waals surface area contributed by atoms with Crippen LogP contribution in [0.4, 0.5) is 4.79 Å². The number of imidazole rings is 2. The first-order valence-electron chi connectivity index (χ1n) is 19.2. The second kappa shape index (κ2) is 17.7. The molecule has 2 aliphatic rings. The van der Waals surface area contributed by atoms with Crippen LogP contribution in [-0.2, 0) is 30.6 Å². The molecular weight excluding hydrogens is 729 g/mol. The Labute approximate surface area is 330 Å². The largest absolute Gasteiger partial charge is 0.453 e. The van der Waals surface area contributed by atoms with Crippen LogP contribution >= 0.6 is 0 Å². The number of carbonyl (C=O) groups excluding carboxylic acids is 3. The number of ether oxygens (including phenoxy) is 1. The molecule has 0 aliphatic carbocycles. The van der Waals surface area contributed by atoms with Gasteiger partial charge in [-0.15, -0.1) is 0 Å². The summed E-state index contributed by atoms with van der Waals surface area (Å²) in [5.41, 5.74) is 5.80. The van der Waals surface area contributed by atoms with Gasteiger partial charge >= 0.3 is 6.09 Å². The number of amides is 3. The van der Waals surface area contributed by atoms with Crippen molar-refractivity contribution >= 4 is 24.3 Å². The SMILES string of the molecule is COOC=N[C@H](C(=O)N1CCC[C@H]1c1ncc(-c2ccc(-c3ccc(-c4cnc([C@@H]5CCCN5C(=O)[C@H](Cn5cccn5)NC(=O)OC)[nH]4)cc3)cc2)[nH]1)C(C)C. The molecule has 7 rings (SSSR count). The molecule has 0 unspecified atom stereocenters. The first-order chi connectivity index (χ1) is 27.7. The van der Waals surface area contributed by atoms with Gasteiger partial charge < -0.3 is 34.7 Å². The van der Waals surface area contributed by atoms with Crippen molar-refractivity contribution in [3.63, 3.8) is 0 Å². The lowest BCUT2D eigenvalue weighted by Crippen LogP contribution is -2.50. The maximum atomic E-state index is 13.8. The topological polar surface area (TPSA) is 185 Å². The molecule has 0 bridgehead atoms. The summed E-state index contributed by atoms with van der Waals surface area (Å²) in [7, 11) is 2.66. The number of rotatable bonds is 14. The number of nitrogens with one attached hydrogen (secondary N) is 3. The predicted octanol–water partition coefficient (Wildman–Crippen LogP) is 5.71. The first-order valence-corrected chi connectivity index (χ1v) is 19.2. The highest BCUT2D eigenvalue weighted by atomic mass is 17.2. The third-order valence-corrected chi connectivity index (χ3v) is 10.6. The lowest BCUT2D eigenvalue weighted by molar-refractivity contribution is -0.188. The van der Waals surface area contributed by atoms with Gasteiger partial charge in [0.1, 0.15) is 23.7 Å². The number of aromatic amines is 2. The molecule has 57 heavy (non-hydrogen) atoms. The Morgan fingerprint density at radius 1 is 0.842 bits per heavy atom. The van der Waals surface area contributed by atoms with E-state index >= 15 is 0 Å². The molecule has 3 aromatic heterocycles. The molecule has 0 saturated carbocycles. The number of alkyl carbamates (subject to hydrolysis) is 1. The van der Waals surface area contributed by atoms with Crippen molar-refractivity contribution in [1.29, 1.82) is 0 Å². The smallest absolute Gasteiger partial charge is 0.407 e. The van der Waals surface area contributed by atoms with E-state index in [2.05, 4.69) is 71.6 Å². The fraction of sp³-hybridized carbons (Fsp3) is 0.390. The van der Waals surface area contributed by atoms with Crippen LogP contribution < -0.4 is 5.32 Å². The molecule has 3 N–H and O–H groups in total. The summed E-state index contributed by atoms with van der Waals surface area (Å²) in [5.74, 6) is 1.17. The molecular formula is C41H48N10O6. The molecule has 5 heterocycles. The van der Waals surface area contributed by atoms with E-state index in [0.29, 0.717) is 18.9 Å². The molecule has 16 heteroatoms. The van der Waals surface area contributed by atoms with Crippen LogP contribution in [0.15, 0.2) is 84.4 Å². The molecule has 2 aliphatic heterocycles. The molecule has 5 aromatic rings. The number of likely N-dealkylation sites (tertiary alicyclic amines) is 2. The van der Waals surface area contributed by atoms with Gasteiger partial charge in [-0.1, -0.05) is 62.4 Å². The lowest BCUT2D eigenvalue weighted by atomic mass is 10.0. The zero-order valence-electron chi connectivity index (χ0n) is 32.5. The van der Waals surface area contributed by atoms with Gasteiger partial charge in [0.05, 0.1) is 56.6 Å². The number of hydrogen-bond donors (Lipinski definition) is 3. The maximum Gasteiger partial charge on any atom is 0.407 e. The first kappa shape index (κ1) is 39.0. The number of aromatic nitrogens is 6. The van der Waals surface area contributed by atoms with E-state index < -0.39 is 18.2 Å². The zero-order valence-corrected chi connectivity index (χ0v) is 32.5. The molecule has 2 fully saturated rings. The highest BCUT2D eigenvalue weighted by molar-refractivity contribution is 5.86. The van der Waals surface area contributed by atoms with E-state index in [-0.39, 0.29) is 36.4 Å². The van der Waals surface area contributed by atoms with Crippen LogP contribution in [-0.4, -0.2) is 103 Å². The minimum atomic E-state index is -0.849. The Morgan fingerprint density at radius 3 is 1.88 bits per heavy atom. The lowest BCUT2D eigenvalue weighted by Gasteiger charge is -2.28. The average Bonchev–Trinajstić information content (AvgIpc) is 4.08. The summed E-state index contributed by atoms with van der Waals surface area (Å²) in [6.07, 6.45) is 10.8. The molecule has 298 valence electrons. The number of H-pyrrole nitrogens is 2. The molecule has 0 radical (unpaired) electrons. The van der Waals surface area contributed by atoms with Crippen molar-refractivity contribution in [2.45, 2.75) is 70.2 Å². The van der Waals surface area contributed by atoms with Crippen LogP contribution in [0.5, 0.6) is 0 Å². The van der Waals surface area contributed by atoms with Crippen molar-refractivity contribution in [1.82, 2.24) is 44.8 Å². The molecule has 16 nitrogen and oxygen atoms in total. The standard InChI is InChI=1S/C41H48N10O6/c1-26(2)36(44-25-57-56-4)40(53)51-21-6-9-35(51)38-43-23-32(47-38)30-16-12-28(13-17-30)27-10-14-29(15-11-27)31-22-42-37(46-31)34-8-5-20-50(34)39(52)33(48-41(54)55-3)24-49-19-7-18-45-49/h7,10-19,22-23,25-26,33-36H,5-6,8-9,20-21,24H2,1-4H3,(H,42,46)(H,43,47)(H,48,54)/t33-,34-,35-,36-/m0/s1. The molecule has 0 spiro atoms. The van der Waals surface area contributed by atoms with Crippen molar-refractivity contribution in [2.24, 2.45) is 10.9 Å². The maximum absolute atomic E-state index is 13.8. The highest BCUT2D eigenvalue weighted by Crippen LogP contribution is 2.35. The van der Waals surface area contributed by atoms with Crippen molar-refractivity contribution in [3.05, 3.63) is 91.0 Å². The number of aliphatic imine (C=N–C) groups is 1. The monoisotopic (exact) mass is 776 g/mol. The highest BCUT2D eigenvalue weighted by Gasteiger charge is 2.38. The van der Waals surface area contributed by atoms with Crippen LogP contribution in [0, 0.1) is 5.92 Å². The van der Waals surface area contributed by atoms with Gasteiger partial charge in [0.2, 0.25) is 18.2 Å². The van der Waals surface area contributed by atoms with E-state index in [1.807, 2.05) is 37.1 Å². The third-order valence-electron chi connectivity index (χ3n) is 10.6. The third kappa shape index (κ3) is 8.75. The van der Waals surface area contributed by atoms with Gasteiger partial charge in [-0.05, 0) is 59.9 Å². The number of hydrogen-bond acceptors (Lipinski definition) is 10. The van der Waals surface area contributed by atoms with Gasteiger partial charge in [-0.3, -0.25) is 14.3 Å². The van der Waals surface area contributed by atoms with Gasteiger partial charge in [-0.2, -0.15) is 9.99 Å². The number of benzene rings is 2. The quantitative estimate of drug-likeness (QED) is 0.0550. The number of nitrogens with zero attached hydrogens (tertiary/aromatic N) is 7. The van der Waals surface area contributed by atoms with E-state index in [1.165, 1.54) is 20.6 Å². The zero-order chi connectivity index (χ0) is 39.9. The van der Waals surface area contributed by atoms with Gasteiger partial charge in [-0.25, -0.2) is 19.8 Å². The summed E-state index contributed by atoms with van der Waals surface area (Å²) >= 11 is 0. The number of carbonyl (C=O) groups is 3. The second-order valence-corrected chi connectivity index (χ2v) is 14.5. The predicted molar refractivity (Wildman–Crippen MR) is 211 cm³/mol. The van der Waals surface area contributed by atoms with Crippen molar-refractivity contribution < 1.29 is 28.9 Å². The Kier molecular flexibility index (Phi) is 12.1. The Morgan fingerprint density at radius 2 is 1.39 bits per heavy atom. The van der Waals surface area contributed by atoms with Crippen LogP contribution in [0.3, 0.4) is 0 Å². The minimum absolute atomic E-state index is 0.0136. The van der Waals surface area contributed by atoms with E-state index in [9.17, 15) is 14.4 Å². The van der Waals surface area contributed by atoms with Crippen molar-refractivity contribution in [3.8, 4) is 33.6 Å². The normalized spacial score (nSPS) is 18.0. The fourth-order valence-corrected chi connectivity index (χ4v) is 7.63. The van der Waals surface area contributed by atoms with E-state index in [1.54, 1.807) is 34.2 Å². The summed E-state index contributed by atoms with van der Waals surface area (Å²) in [5, 5.41) is 6.88. The Hall–Kier alpha value is -6.29. The summed E-state index contributed by atoms with van der Waals surface area (Å²) in [4.78, 5) is 73.1. The second-order valence-electron chi connectivity index (χ2n) is 14.5. The average molecular weight is 777 g/mol. The van der Waals surface area contributed by atoms with Gasteiger partial charge in [0, 0.05) is 25.5 Å². The number of methoxy groups -OCH3 is 1. The molecule has 2 aromatic carbocycles. The minimum Gasteiger partial charge on any atom is -0.453 e. The summed E-state index contributed by atoms with van der Waals surface area (Å²) < 4.78 is 6.40. The summed E-state index contributed by atoms with van der Waals surface area (Å²) in [6.45, 7) is 5.29. The summed E-state index contributed by atoms with van der Waals surface area (Å²) in [6, 6.07) is 16.5. The van der Waals surface area contributed by atoms with Crippen LogP contribution in [0.2, 0.25) is 0 Å². The van der Waals surface area contributed by atoms with E-state index in [0.717, 1.165) is 65.1 Å². The molecule has 4 atom stereocenters. The molecule has 3 amide bonds. The van der Waals surface area contributed by atoms with Gasteiger partial charge in [0.25, 0.3) is 0 Å². The fourth-order valence-electron chi connectivity index (χ4n) is 7.63. The molecule has 2 saturated heterocycles. The van der Waals surface area contributed by atoms with Crippen molar-refractivity contribution in [2.75, 3.05) is 27.3 Å². The Bertz CT molecular complexity index is 2140. The van der Waals surface area contributed by atoms with E-state index in [4.69, 9.17) is 14.6 Å². The van der Waals surface area contributed by atoms with Gasteiger partial charge in [0.15, 0.2) is 0 Å². The van der Waals surface area contributed by atoms with Crippen LogP contribution in [0.25, 0.3) is 33.6 Å². The van der Waals surface area contributed by atoms with Crippen LogP contribution in [0.1, 0.15) is 63.3 Å².